The van der Waals surface area contributed by atoms with Gasteiger partial charge in [-0.3, -0.25) is 4.79 Å². The topological polar surface area (TPSA) is 61.9 Å². The Kier molecular flexibility index (Phi) is 3.63. The number of hydrogen-bond donors (Lipinski definition) is 1. The van der Waals surface area contributed by atoms with Gasteiger partial charge in [-0.2, -0.15) is 0 Å². The maximum Gasteiger partial charge on any atom is 0.273 e. The molecular weight excluding hydrogens is 332 g/mol. The summed E-state index contributed by atoms with van der Waals surface area (Å²) in [5.41, 5.74) is 2.54. The number of nitrogens with one attached hydrogen (secondary N) is 1. The van der Waals surface area contributed by atoms with E-state index in [1.807, 2.05) is 29.2 Å². The molecule has 116 valence electrons. The summed E-state index contributed by atoms with van der Waals surface area (Å²) in [6.07, 6.45) is 3.30. The molecule has 7 heteroatoms. The minimum Gasteiger partial charge on any atom is -0.343 e. The van der Waals surface area contributed by atoms with Gasteiger partial charge in [-0.05, 0) is 17.7 Å². The molecule has 1 fully saturated rings. The van der Waals surface area contributed by atoms with E-state index >= 15 is 0 Å². The molecule has 1 N–H and O–H groups in total. The highest BCUT2D eigenvalue weighted by molar-refractivity contribution is 7.13. The molecule has 1 aliphatic heterocycles. The van der Waals surface area contributed by atoms with Crippen molar-refractivity contribution in [3.8, 4) is 10.7 Å². The molecule has 0 spiro atoms. The van der Waals surface area contributed by atoms with Gasteiger partial charge in [0, 0.05) is 29.4 Å². The van der Waals surface area contributed by atoms with Crippen LogP contribution in [0.3, 0.4) is 0 Å². The Morgan fingerprint density at radius 3 is 2.78 bits per heavy atom. The van der Waals surface area contributed by atoms with E-state index in [9.17, 15) is 4.79 Å². The van der Waals surface area contributed by atoms with Crippen LogP contribution in [0.2, 0.25) is 5.02 Å². The molecule has 0 unspecified atom stereocenters. The van der Waals surface area contributed by atoms with Gasteiger partial charge in [0.05, 0.1) is 18.2 Å². The van der Waals surface area contributed by atoms with E-state index in [0.29, 0.717) is 11.6 Å². The molecule has 1 aliphatic rings. The Bertz CT molecular complexity index is 822. The van der Waals surface area contributed by atoms with E-state index in [2.05, 4.69) is 15.0 Å². The number of rotatable bonds is 3. The highest BCUT2D eigenvalue weighted by atomic mass is 35.5. The SMILES string of the molecule is O=C(c1csc(-c2cnc[nH]2)n1)N1CC(c2ccc(Cl)cc2)C1. The number of aromatic nitrogens is 3. The Balaban J connectivity index is 1.42. The average molecular weight is 345 g/mol. The Morgan fingerprint density at radius 1 is 1.30 bits per heavy atom. The van der Waals surface area contributed by atoms with Crippen LogP contribution in [0.15, 0.2) is 42.2 Å². The largest absolute Gasteiger partial charge is 0.343 e. The average Bonchev–Trinajstić information content (AvgIpc) is 3.18. The normalized spacial score (nSPS) is 14.7. The summed E-state index contributed by atoms with van der Waals surface area (Å²) in [5.74, 6) is 0.360. The van der Waals surface area contributed by atoms with Crippen LogP contribution in [-0.2, 0) is 0 Å². The Morgan fingerprint density at radius 2 is 2.09 bits per heavy atom. The zero-order valence-corrected chi connectivity index (χ0v) is 13.6. The van der Waals surface area contributed by atoms with Crippen LogP contribution in [0.1, 0.15) is 22.0 Å². The van der Waals surface area contributed by atoms with E-state index in [4.69, 9.17) is 11.6 Å². The fourth-order valence-corrected chi connectivity index (χ4v) is 3.51. The number of aromatic amines is 1. The van der Waals surface area contributed by atoms with Crippen LogP contribution < -0.4 is 0 Å². The maximum absolute atomic E-state index is 12.5. The van der Waals surface area contributed by atoms with Crippen LogP contribution in [-0.4, -0.2) is 38.8 Å². The second-order valence-electron chi connectivity index (χ2n) is 5.46. The van der Waals surface area contributed by atoms with Crippen LogP contribution >= 0.6 is 22.9 Å². The molecule has 23 heavy (non-hydrogen) atoms. The number of amides is 1. The number of nitrogens with zero attached hydrogens (tertiary/aromatic N) is 3. The maximum atomic E-state index is 12.5. The van der Waals surface area contributed by atoms with E-state index < -0.39 is 0 Å². The van der Waals surface area contributed by atoms with Gasteiger partial charge in [0.25, 0.3) is 5.91 Å². The summed E-state index contributed by atoms with van der Waals surface area (Å²) in [6.45, 7) is 1.44. The third-order valence-corrected chi connectivity index (χ3v) is 5.09. The number of carbonyl (C=O) groups is 1. The van der Waals surface area contributed by atoms with Gasteiger partial charge < -0.3 is 9.88 Å². The second kappa shape index (κ2) is 5.79. The molecule has 1 saturated heterocycles. The van der Waals surface area contributed by atoms with Crippen LogP contribution in [0.4, 0.5) is 0 Å². The highest BCUT2D eigenvalue weighted by Crippen LogP contribution is 2.30. The van der Waals surface area contributed by atoms with Gasteiger partial charge in [-0.15, -0.1) is 11.3 Å². The van der Waals surface area contributed by atoms with Crippen LogP contribution in [0, 0.1) is 0 Å². The van der Waals surface area contributed by atoms with Crippen molar-refractivity contribution in [2.75, 3.05) is 13.1 Å². The van der Waals surface area contributed by atoms with E-state index in [1.54, 1.807) is 17.9 Å². The molecule has 0 aliphatic carbocycles. The second-order valence-corrected chi connectivity index (χ2v) is 6.76. The number of likely N-dealkylation sites (tertiary alicyclic amines) is 1. The Hall–Kier alpha value is -2.18. The number of hydrogen-bond acceptors (Lipinski definition) is 4. The van der Waals surface area contributed by atoms with Crippen molar-refractivity contribution in [1.29, 1.82) is 0 Å². The van der Waals surface area contributed by atoms with Crippen molar-refractivity contribution in [3.63, 3.8) is 0 Å². The molecule has 3 heterocycles. The lowest BCUT2D eigenvalue weighted by atomic mass is 9.91. The first-order chi connectivity index (χ1) is 11.2. The molecule has 0 bridgehead atoms. The number of carbonyl (C=O) groups excluding carboxylic acids is 1. The number of imidazole rings is 1. The lowest BCUT2D eigenvalue weighted by Crippen LogP contribution is -2.48. The predicted octanol–water partition coefficient (Wildman–Crippen LogP) is 3.43. The third-order valence-electron chi connectivity index (χ3n) is 3.96. The van der Waals surface area contributed by atoms with E-state index in [0.717, 1.165) is 28.8 Å². The van der Waals surface area contributed by atoms with Crippen molar-refractivity contribution in [2.45, 2.75) is 5.92 Å². The van der Waals surface area contributed by atoms with Gasteiger partial charge >= 0.3 is 0 Å². The lowest BCUT2D eigenvalue weighted by molar-refractivity contribution is 0.0597. The third kappa shape index (κ3) is 2.75. The molecule has 5 nitrogen and oxygen atoms in total. The number of benzene rings is 1. The van der Waals surface area contributed by atoms with Gasteiger partial charge in [-0.25, -0.2) is 9.97 Å². The summed E-state index contributed by atoms with van der Waals surface area (Å²) in [5, 5.41) is 3.31. The molecule has 1 amide bonds. The zero-order valence-electron chi connectivity index (χ0n) is 12.1. The fourth-order valence-electron chi connectivity index (χ4n) is 2.62. The minimum atomic E-state index is -0.0165. The van der Waals surface area contributed by atoms with Crippen LogP contribution in [0.5, 0.6) is 0 Å². The quantitative estimate of drug-likeness (QED) is 0.791. The minimum absolute atomic E-state index is 0.0165. The standard InChI is InChI=1S/C16H13ClN4OS/c17-12-3-1-10(2-4-12)11-6-21(7-11)16(22)14-8-23-15(20-14)13-5-18-9-19-13/h1-5,8-9,11H,6-7H2,(H,18,19). The molecule has 0 radical (unpaired) electrons. The molecule has 0 saturated carbocycles. The van der Waals surface area contributed by atoms with E-state index in [1.165, 1.54) is 16.9 Å². The lowest BCUT2D eigenvalue weighted by Gasteiger charge is -2.39. The monoisotopic (exact) mass is 344 g/mol. The number of halogens is 1. The first-order valence-electron chi connectivity index (χ1n) is 7.20. The summed E-state index contributed by atoms with van der Waals surface area (Å²) in [7, 11) is 0. The van der Waals surface area contributed by atoms with Crippen molar-refractivity contribution >= 4 is 28.8 Å². The molecule has 3 aromatic rings. The molecular formula is C16H13ClN4OS. The summed E-state index contributed by atoms with van der Waals surface area (Å²) in [6, 6.07) is 7.82. The summed E-state index contributed by atoms with van der Waals surface area (Å²) in [4.78, 5) is 25.7. The van der Waals surface area contributed by atoms with Crippen molar-refractivity contribution in [2.24, 2.45) is 0 Å². The molecule has 0 atom stereocenters. The first-order valence-corrected chi connectivity index (χ1v) is 8.45. The van der Waals surface area contributed by atoms with Gasteiger partial charge in [0.15, 0.2) is 0 Å². The fraction of sp³-hybridized carbons (Fsp3) is 0.188. The zero-order chi connectivity index (χ0) is 15.8. The molecule has 4 rings (SSSR count). The first kappa shape index (κ1) is 14.4. The number of thiazole rings is 1. The van der Waals surface area contributed by atoms with Crippen molar-refractivity contribution < 1.29 is 4.79 Å². The van der Waals surface area contributed by atoms with Crippen molar-refractivity contribution in [3.05, 3.63) is 58.4 Å². The molecule has 2 aromatic heterocycles. The van der Waals surface area contributed by atoms with Gasteiger partial charge in [0.2, 0.25) is 0 Å². The highest BCUT2D eigenvalue weighted by Gasteiger charge is 2.33. The van der Waals surface area contributed by atoms with E-state index in [-0.39, 0.29) is 5.91 Å². The number of H-pyrrole nitrogens is 1. The Labute approximate surface area is 142 Å². The van der Waals surface area contributed by atoms with Crippen molar-refractivity contribution in [1.82, 2.24) is 19.9 Å². The smallest absolute Gasteiger partial charge is 0.273 e. The van der Waals surface area contributed by atoms with Gasteiger partial charge in [0.1, 0.15) is 10.7 Å². The van der Waals surface area contributed by atoms with Gasteiger partial charge in [-0.1, -0.05) is 23.7 Å². The summed E-state index contributed by atoms with van der Waals surface area (Å²) >= 11 is 7.34. The molecule has 1 aromatic carbocycles. The van der Waals surface area contributed by atoms with Crippen LogP contribution in [0.25, 0.3) is 10.7 Å². The predicted molar refractivity (Wildman–Crippen MR) is 89.8 cm³/mol. The summed E-state index contributed by atoms with van der Waals surface area (Å²) < 4.78 is 0.